The molecule has 0 aromatic carbocycles. The van der Waals surface area contributed by atoms with Crippen molar-refractivity contribution >= 4 is 23.4 Å². The van der Waals surface area contributed by atoms with E-state index in [1.165, 1.54) is 11.8 Å². The highest BCUT2D eigenvalue weighted by Crippen LogP contribution is 2.19. The SMILES string of the molecule is CNc1cc(N(C)CC(O)COC)nc(SC)n1. The lowest BCUT2D eigenvalue weighted by molar-refractivity contribution is 0.0694. The van der Waals surface area contributed by atoms with Gasteiger partial charge in [0.25, 0.3) is 0 Å². The summed E-state index contributed by atoms with van der Waals surface area (Å²) in [5.41, 5.74) is 0. The molecular formula is C11H20N4O2S. The zero-order chi connectivity index (χ0) is 13.5. The summed E-state index contributed by atoms with van der Waals surface area (Å²) in [4.78, 5) is 10.6. The molecule has 0 bridgehead atoms. The van der Waals surface area contributed by atoms with Crippen LogP contribution in [0, 0.1) is 0 Å². The smallest absolute Gasteiger partial charge is 0.191 e. The van der Waals surface area contributed by atoms with Crippen LogP contribution < -0.4 is 10.2 Å². The number of rotatable bonds is 7. The number of likely N-dealkylation sites (N-methyl/N-ethyl adjacent to an activating group) is 1. The Balaban J connectivity index is 2.80. The van der Waals surface area contributed by atoms with Crippen molar-refractivity contribution in [3.05, 3.63) is 6.07 Å². The van der Waals surface area contributed by atoms with Gasteiger partial charge < -0.3 is 20.1 Å². The van der Waals surface area contributed by atoms with Crippen LogP contribution in [0.5, 0.6) is 0 Å². The minimum absolute atomic E-state index is 0.309. The van der Waals surface area contributed by atoms with E-state index in [0.29, 0.717) is 18.3 Å². The summed E-state index contributed by atoms with van der Waals surface area (Å²) in [5, 5.41) is 13.4. The normalized spacial score (nSPS) is 12.3. The van der Waals surface area contributed by atoms with E-state index in [2.05, 4.69) is 15.3 Å². The number of hydrogen-bond donors (Lipinski definition) is 2. The zero-order valence-corrected chi connectivity index (χ0v) is 12.0. The molecule has 0 radical (unpaired) electrons. The summed E-state index contributed by atoms with van der Waals surface area (Å²) in [5.74, 6) is 1.53. The molecule has 102 valence electrons. The van der Waals surface area contributed by atoms with Crippen LogP contribution in [0.2, 0.25) is 0 Å². The van der Waals surface area contributed by atoms with Gasteiger partial charge in [-0.15, -0.1) is 0 Å². The maximum atomic E-state index is 9.70. The predicted molar refractivity (Wildman–Crippen MR) is 74.5 cm³/mol. The van der Waals surface area contributed by atoms with Crippen molar-refractivity contribution in [3.8, 4) is 0 Å². The van der Waals surface area contributed by atoms with Crippen LogP contribution in [0.1, 0.15) is 0 Å². The fraction of sp³-hybridized carbons (Fsp3) is 0.636. The molecule has 0 saturated carbocycles. The van der Waals surface area contributed by atoms with Crippen molar-refractivity contribution in [1.29, 1.82) is 0 Å². The molecule has 1 heterocycles. The molecule has 6 nitrogen and oxygen atoms in total. The summed E-state index contributed by atoms with van der Waals surface area (Å²) in [6.07, 6.45) is 1.39. The van der Waals surface area contributed by atoms with E-state index in [0.717, 1.165) is 11.6 Å². The van der Waals surface area contributed by atoms with Crippen molar-refractivity contribution in [2.24, 2.45) is 0 Å². The number of hydrogen-bond acceptors (Lipinski definition) is 7. The van der Waals surface area contributed by atoms with E-state index in [4.69, 9.17) is 4.74 Å². The average Bonchev–Trinajstić information content (AvgIpc) is 2.38. The highest BCUT2D eigenvalue weighted by Gasteiger charge is 2.12. The van der Waals surface area contributed by atoms with Crippen molar-refractivity contribution in [1.82, 2.24) is 9.97 Å². The van der Waals surface area contributed by atoms with Gasteiger partial charge in [-0.1, -0.05) is 11.8 Å². The van der Waals surface area contributed by atoms with Crippen LogP contribution in [0.15, 0.2) is 11.2 Å². The van der Waals surface area contributed by atoms with E-state index in [-0.39, 0.29) is 0 Å². The molecule has 0 aliphatic rings. The number of nitrogens with zero attached hydrogens (tertiary/aromatic N) is 3. The molecule has 18 heavy (non-hydrogen) atoms. The number of nitrogens with one attached hydrogen (secondary N) is 1. The van der Waals surface area contributed by atoms with E-state index in [9.17, 15) is 5.11 Å². The lowest BCUT2D eigenvalue weighted by atomic mass is 10.3. The number of aromatic nitrogens is 2. The Labute approximate surface area is 112 Å². The number of ether oxygens (including phenoxy) is 1. The Bertz CT molecular complexity index is 356. The molecule has 7 heteroatoms. The second-order valence-corrected chi connectivity index (χ2v) is 4.61. The summed E-state index contributed by atoms with van der Waals surface area (Å²) >= 11 is 1.48. The Morgan fingerprint density at radius 2 is 2.28 bits per heavy atom. The highest BCUT2D eigenvalue weighted by atomic mass is 32.2. The predicted octanol–water partition coefficient (Wildman–Crippen LogP) is 0.684. The molecule has 1 unspecified atom stereocenters. The summed E-state index contributed by atoms with van der Waals surface area (Å²) in [6.45, 7) is 0.769. The largest absolute Gasteiger partial charge is 0.389 e. The molecular weight excluding hydrogens is 252 g/mol. The summed E-state index contributed by atoms with van der Waals surface area (Å²) < 4.78 is 4.90. The van der Waals surface area contributed by atoms with Gasteiger partial charge in [-0.2, -0.15) is 0 Å². The monoisotopic (exact) mass is 272 g/mol. The van der Waals surface area contributed by atoms with Gasteiger partial charge in [0, 0.05) is 33.8 Å². The lowest BCUT2D eigenvalue weighted by Gasteiger charge is -2.22. The zero-order valence-electron chi connectivity index (χ0n) is 11.2. The van der Waals surface area contributed by atoms with Gasteiger partial charge in [0.15, 0.2) is 5.16 Å². The van der Waals surface area contributed by atoms with E-state index < -0.39 is 6.10 Å². The highest BCUT2D eigenvalue weighted by molar-refractivity contribution is 7.98. The Morgan fingerprint density at radius 1 is 1.56 bits per heavy atom. The third-order valence-electron chi connectivity index (χ3n) is 2.37. The Kier molecular flexibility index (Phi) is 6.17. The van der Waals surface area contributed by atoms with Gasteiger partial charge in [0.1, 0.15) is 11.6 Å². The lowest BCUT2D eigenvalue weighted by Crippen LogP contribution is -2.32. The van der Waals surface area contributed by atoms with Crippen LogP contribution in [-0.4, -0.2) is 61.8 Å². The molecule has 1 atom stereocenters. The molecule has 0 amide bonds. The van der Waals surface area contributed by atoms with Gasteiger partial charge >= 0.3 is 0 Å². The fourth-order valence-electron chi connectivity index (χ4n) is 1.48. The first-order valence-electron chi connectivity index (χ1n) is 5.59. The van der Waals surface area contributed by atoms with Gasteiger partial charge in [-0.25, -0.2) is 9.97 Å². The molecule has 1 rings (SSSR count). The van der Waals surface area contributed by atoms with Crippen molar-refractivity contribution in [2.75, 3.05) is 50.8 Å². The second kappa shape index (κ2) is 7.40. The Morgan fingerprint density at radius 3 is 2.83 bits per heavy atom. The van der Waals surface area contributed by atoms with E-state index in [1.807, 2.05) is 31.3 Å². The molecule has 0 aliphatic carbocycles. The van der Waals surface area contributed by atoms with Crippen LogP contribution in [0.3, 0.4) is 0 Å². The van der Waals surface area contributed by atoms with E-state index in [1.54, 1.807) is 7.11 Å². The minimum Gasteiger partial charge on any atom is -0.389 e. The number of aliphatic hydroxyl groups is 1. The number of anilines is 2. The summed E-state index contributed by atoms with van der Waals surface area (Å²) in [7, 11) is 5.26. The van der Waals surface area contributed by atoms with E-state index >= 15 is 0 Å². The third kappa shape index (κ3) is 4.32. The molecule has 0 aliphatic heterocycles. The maximum absolute atomic E-state index is 9.70. The first kappa shape index (κ1) is 15.0. The van der Waals surface area contributed by atoms with Gasteiger partial charge in [0.05, 0.1) is 12.7 Å². The second-order valence-electron chi connectivity index (χ2n) is 3.84. The molecule has 1 aromatic heterocycles. The quantitative estimate of drug-likeness (QED) is 0.559. The number of aliphatic hydroxyl groups excluding tert-OH is 1. The van der Waals surface area contributed by atoms with Crippen LogP contribution in [-0.2, 0) is 4.74 Å². The number of thioether (sulfide) groups is 1. The molecule has 0 fully saturated rings. The van der Waals surface area contributed by atoms with Gasteiger partial charge in [-0.3, -0.25) is 0 Å². The van der Waals surface area contributed by atoms with Crippen molar-refractivity contribution in [2.45, 2.75) is 11.3 Å². The van der Waals surface area contributed by atoms with Crippen molar-refractivity contribution < 1.29 is 9.84 Å². The average molecular weight is 272 g/mol. The fourth-order valence-corrected chi connectivity index (χ4v) is 1.86. The molecule has 0 saturated heterocycles. The topological polar surface area (TPSA) is 70.5 Å². The van der Waals surface area contributed by atoms with Crippen LogP contribution in [0.4, 0.5) is 11.6 Å². The molecule has 1 aromatic rings. The standard InChI is InChI=1S/C11H20N4O2S/c1-12-9-5-10(14-11(13-9)18-4)15(2)6-8(16)7-17-3/h5,8,16H,6-7H2,1-4H3,(H,12,13,14). The van der Waals surface area contributed by atoms with Crippen LogP contribution in [0.25, 0.3) is 0 Å². The first-order valence-corrected chi connectivity index (χ1v) is 6.82. The van der Waals surface area contributed by atoms with Crippen molar-refractivity contribution in [3.63, 3.8) is 0 Å². The Hall–Kier alpha value is -1.05. The van der Waals surface area contributed by atoms with Gasteiger partial charge in [0.2, 0.25) is 0 Å². The summed E-state index contributed by atoms with van der Waals surface area (Å²) in [6, 6.07) is 1.85. The van der Waals surface area contributed by atoms with Crippen LogP contribution >= 0.6 is 11.8 Å². The van der Waals surface area contributed by atoms with Gasteiger partial charge in [-0.05, 0) is 6.26 Å². The first-order chi connectivity index (χ1) is 8.60. The number of methoxy groups -OCH3 is 1. The maximum Gasteiger partial charge on any atom is 0.191 e. The minimum atomic E-state index is -0.536. The molecule has 2 N–H and O–H groups in total. The third-order valence-corrected chi connectivity index (χ3v) is 2.91. The molecule has 0 spiro atoms.